The largest absolute Gasteiger partial charge is 0.370 e. The fourth-order valence-corrected chi connectivity index (χ4v) is 3.30. The summed E-state index contributed by atoms with van der Waals surface area (Å²) in [7, 11) is 0. The third kappa shape index (κ3) is 11.9. The fourth-order valence-electron chi connectivity index (χ4n) is 3.30. The smallest absolute Gasteiger partial charge is 0.253 e. The lowest BCUT2D eigenvalue weighted by atomic mass is 10.0. The van der Waals surface area contributed by atoms with Gasteiger partial charge in [-0.3, -0.25) is 29.0 Å². The molecular weight excluding hydrogens is 512 g/mol. The molecule has 14 nitrogen and oxygen atoms in total. The molecule has 1 aromatic rings. The number of rotatable bonds is 15. The van der Waals surface area contributed by atoms with Crippen LogP contribution in [0, 0.1) is 23.1 Å². The molecule has 0 bridgehead atoms. The number of nitrogens with one attached hydrogen (secondary N) is 4. The van der Waals surface area contributed by atoms with Gasteiger partial charge in [0.1, 0.15) is 17.9 Å². The van der Waals surface area contributed by atoms with Gasteiger partial charge in [0.05, 0.1) is 23.7 Å². The molecule has 1 rings (SSSR count). The highest BCUT2D eigenvalue weighted by molar-refractivity contribution is 5.99. The van der Waals surface area contributed by atoms with Gasteiger partial charge < -0.3 is 38.5 Å². The standard InChI is InChI=1S/C24H34FN9O5/c1-13(2)20(34-21(37)16-10-15(25)6-5-14(16)11-26)23(39)30-9-7-19(36)33-17(4-3-8-31-24(28)29)22(38)32-12-18(27)35/h5-6,10,13,17,20H,3-4,7-9,12H2,1-2H3,(H2,27,35)(H,30,39)(H,32,38)(H,33,36)(H,34,37)(H4,28,29,31)/t17-,20-/m0/s1/i25-1. The van der Waals surface area contributed by atoms with Crippen molar-refractivity contribution in [3.05, 3.63) is 35.1 Å². The summed E-state index contributed by atoms with van der Waals surface area (Å²) in [4.78, 5) is 65.0. The Hall–Kier alpha value is -4.74. The number of hydrogen-bond donors (Lipinski definition) is 7. The van der Waals surface area contributed by atoms with Crippen LogP contribution < -0.4 is 38.5 Å². The first-order valence-corrected chi connectivity index (χ1v) is 12.0. The second-order valence-corrected chi connectivity index (χ2v) is 8.79. The van der Waals surface area contributed by atoms with Crippen molar-refractivity contribution in [2.24, 2.45) is 28.1 Å². The molecule has 0 saturated carbocycles. The van der Waals surface area contributed by atoms with E-state index < -0.39 is 54.0 Å². The minimum Gasteiger partial charge on any atom is -0.370 e. The number of benzene rings is 1. The van der Waals surface area contributed by atoms with Gasteiger partial charge in [0.2, 0.25) is 23.6 Å². The topological polar surface area (TPSA) is 248 Å². The quantitative estimate of drug-likeness (QED) is 0.0741. The molecule has 0 aliphatic carbocycles. The molecule has 15 heteroatoms. The van der Waals surface area contributed by atoms with Crippen LogP contribution in [-0.4, -0.2) is 67.2 Å². The van der Waals surface area contributed by atoms with Gasteiger partial charge in [-0.25, -0.2) is 4.39 Å². The average Bonchev–Trinajstić information content (AvgIpc) is 2.86. The van der Waals surface area contributed by atoms with E-state index in [1.165, 1.54) is 0 Å². The van der Waals surface area contributed by atoms with Gasteiger partial charge in [-0.15, -0.1) is 0 Å². The maximum atomic E-state index is 13.6. The van der Waals surface area contributed by atoms with Crippen molar-refractivity contribution in [1.29, 1.82) is 5.26 Å². The van der Waals surface area contributed by atoms with Gasteiger partial charge in [-0.05, 0) is 37.0 Å². The average molecular weight is 547 g/mol. The molecule has 0 spiro atoms. The number of aliphatic imine (C=N–C) groups is 1. The number of halogens is 1. The summed E-state index contributed by atoms with van der Waals surface area (Å²) in [5, 5.41) is 19.1. The van der Waals surface area contributed by atoms with E-state index in [4.69, 9.17) is 17.2 Å². The Kier molecular flexibility index (Phi) is 13.4. The van der Waals surface area contributed by atoms with Gasteiger partial charge in [0, 0.05) is 19.5 Å². The number of carbonyl (C=O) groups is 5. The van der Waals surface area contributed by atoms with E-state index in [9.17, 15) is 33.6 Å². The molecule has 0 saturated heterocycles. The highest BCUT2D eigenvalue weighted by Crippen LogP contribution is 2.12. The van der Waals surface area contributed by atoms with Crippen molar-refractivity contribution < 1.29 is 28.4 Å². The van der Waals surface area contributed by atoms with Crippen molar-refractivity contribution in [3.8, 4) is 6.07 Å². The molecule has 10 N–H and O–H groups in total. The van der Waals surface area contributed by atoms with Gasteiger partial charge in [-0.2, -0.15) is 5.26 Å². The lowest BCUT2D eigenvalue weighted by Gasteiger charge is -2.22. The highest BCUT2D eigenvalue weighted by Gasteiger charge is 2.26. The number of hydrogen-bond acceptors (Lipinski definition) is 7. The Labute approximate surface area is 224 Å². The lowest BCUT2D eigenvalue weighted by Crippen LogP contribution is -2.51. The predicted octanol–water partition coefficient (Wildman–Crippen LogP) is -1.90. The zero-order chi connectivity index (χ0) is 29.5. The van der Waals surface area contributed by atoms with E-state index in [2.05, 4.69) is 26.3 Å². The molecule has 212 valence electrons. The summed E-state index contributed by atoms with van der Waals surface area (Å²) < 4.78 is 13.6. The second-order valence-electron chi connectivity index (χ2n) is 8.79. The molecule has 5 amide bonds. The van der Waals surface area contributed by atoms with Crippen LogP contribution in [-0.2, 0) is 19.2 Å². The highest BCUT2D eigenvalue weighted by atomic mass is 18.2. The SMILES string of the molecule is CC(C)[C@H](NC(=O)c1cc([18F])ccc1C#N)C(=O)NCCC(=O)N[C@@H](CCCN=C(N)N)C(=O)NCC(N)=O. The van der Waals surface area contributed by atoms with Crippen molar-refractivity contribution in [1.82, 2.24) is 21.3 Å². The summed E-state index contributed by atoms with van der Waals surface area (Å²) in [5.41, 5.74) is 15.3. The van der Waals surface area contributed by atoms with Gasteiger partial charge >= 0.3 is 0 Å². The first kappa shape index (κ1) is 32.3. The molecular formula is C24H34FN9O5. The van der Waals surface area contributed by atoms with Crippen LogP contribution in [0.15, 0.2) is 23.2 Å². The Morgan fingerprint density at radius 1 is 1.05 bits per heavy atom. The molecule has 0 radical (unpaired) electrons. The van der Waals surface area contributed by atoms with Crippen LogP contribution in [0.3, 0.4) is 0 Å². The summed E-state index contributed by atoms with van der Waals surface area (Å²) in [5.74, 6) is -4.59. The molecule has 0 heterocycles. The van der Waals surface area contributed by atoms with E-state index in [0.717, 1.165) is 18.2 Å². The number of amides is 5. The van der Waals surface area contributed by atoms with Crippen LogP contribution in [0.25, 0.3) is 0 Å². The third-order valence-corrected chi connectivity index (χ3v) is 5.27. The van der Waals surface area contributed by atoms with Crippen molar-refractivity contribution >= 4 is 35.5 Å². The van der Waals surface area contributed by atoms with Crippen LogP contribution >= 0.6 is 0 Å². The third-order valence-electron chi connectivity index (χ3n) is 5.27. The molecule has 1 aromatic carbocycles. The lowest BCUT2D eigenvalue weighted by molar-refractivity contribution is -0.130. The molecule has 0 unspecified atom stereocenters. The van der Waals surface area contributed by atoms with E-state index >= 15 is 0 Å². The fraction of sp³-hybridized carbons (Fsp3) is 0.458. The van der Waals surface area contributed by atoms with Gasteiger partial charge in [0.25, 0.3) is 5.91 Å². The minimum absolute atomic E-state index is 0.0544. The van der Waals surface area contributed by atoms with E-state index in [-0.39, 0.29) is 48.9 Å². The molecule has 39 heavy (non-hydrogen) atoms. The van der Waals surface area contributed by atoms with E-state index in [1.807, 2.05) is 0 Å². The van der Waals surface area contributed by atoms with Crippen LogP contribution in [0.2, 0.25) is 0 Å². The van der Waals surface area contributed by atoms with Crippen molar-refractivity contribution in [3.63, 3.8) is 0 Å². The number of nitriles is 1. The number of nitrogens with two attached hydrogens (primary N) is 3. The van der Waals surface area contributed by atoms with Crippen molar-refractivity contribution in [2.45, 2.75) is 45.2 Å². The maximum absolute atomic E-state index is 13.6. The zero-order valence-corrected chi connectivity index (χ0v) is 21.8. The number of carbonyl (C=O) groups excluding carboxylic acids is 5. The maximum Gasteiger partial charge on any atom is 0.253 e. The van der Waals surface area contributed by atoms with Crippen LogP contribution in [0.5, 0.6) is 0 Å². The Balaban J connectivity index is 2.73. The zero-order valence-electron chi connectivity index (χ0n) is 21.8. The first-order valence-electron chi connectivity index (χ1n) is 12.0. The Bertz CT molecular complexity index is 1130. The van der Waals surface area contributed by atoms with Crippen molar-refractivity contribution in [2.75, 3.05) is 19.6 Å². The van der Waals surface area contributed by atoms with Gasteiger partial charge in [0.15, 0.2) is 5.96 Å². The summed E-state index contributed by atoms with van der Waals surface area (Å²) >= 11 is 0. The Morgan fingerprint density at radius 2 is 1.74 bits per heavy atom. The Morgan fingerprint density at radius 3 is 2.33 bits per heavy atom. The number of guanidine groups is 1. The number of primary amides is 1. The molecule has 0 aliphatic heterocycles. The molecule has 0 aromatic heterocycles. The first-order chi connectivity index (χ1) is 18.3. The molecule has 2 atom stereocenters. The van der Waals surface area contributed by atoms with Gasteiger partial charge in [-0.1, -0.05) is 13.8 Å². The minimum atomic E-state index is -1.04. The second kappa shape index (κ2) is 16.2. The monoisotopic (exact) mass is 546 g/mol. The summed E-state index contributed by atoms with van der Waals surface area (Å²) in [6.45, 7) is 3.01. The predicted molar refractivity (Wildman–Crippen MR) is 139 cm³/mol. The van der Waals surface area contributed by atoms with Crippen LogP contribution in [0.4, 0.5) is 4.39 Å². The number of nitrogens with zero attached hydrogens (tertiary/aromatic N) is 2. The van der Waals surface area contributed by atoms with E-state index in [0.29, 0.717) is 6.42 Å². The molecule has 0 fully saturated rings. The van der Waals surface area contributed by atoms with Crippen LogP contribution in [0.1, 0.15) is 49.0 Å². The summed E-state index contributed by atoms with van der Waals surface area (Å²) in [6, 6.07) is 2.86. The summed E-state index contributed by atoms with van der Waals surface area (Å²) in [6.07, 6.45) is 0.296. The normalized spacial score (nSPS) is 11.9. The molecule has 0 aliphatic rings. The van der Waals surface area contributed by atoms with E-state index in [1.54, 1.807) is 19.9 Å².